The minimum atomic E-state index is -4.01. The van der Waals surface area contributed by atoms with Gasteiger partial charge in [-0.25, -0.2) is 13.4 Å². The average molecular weight is 458 g/mol. The van der Waals surface area contributed by atoms with Crippen LogP contribution in [0.5, 0.6) is 0 Å². The van der Waals surface area contributed by atoms with Crippen molar-refractivity contribution in [3.8, 4) is 0 Å². The number of anilines is 1. The fourth-order valence-corrected chi connectivity index (χ4v) is 5.09. The van der Waals surface area contributed by atoms with Gasteiger partial charge in [0.15, 0.2) is 10.1 Å². The lowest BCUT2D eigenvalue weighted by Crippen LogP contribution is -2.20. The summed E-state index contributed by atoms with van der Waals surface area (Å²) in [6.07, 6.45) is 1.95. The summed E-state index contributed by atoms with van der Waals surface area (Å²) in [6.45, 7) is 5.59. The molecule has 162 valence electrons. The maximum absolute atomic E-state index is 12.9. The molecule has 0 aliphatic carbocycles. The summed E-state index contributed by atoms with van der Waals surface area (Å²) in [5, 5.41) is 2.94. The molecule has 7 nitrogen and oxygen atoms in total. The lowest BCUT2D eigenvalue weighted by atomic mass is 10.1. The second kappa shape index (κ2) is 9.49. The van der Waals surface area contributed by atoms with E-state index < -0.39 is 20.3 Å². The first-order valence-electron chi connectivity index (χ1n) is 9.64. The van der Waals surface area contributed by atoms with Gasteiger partial charge in [0.25, 0.3) is 5.56 Å². The van der Waals surface area contributed by atoms with E-state index in [4.69, 9.17) is 0 Å². The van der Waals surface area contributed by atoms with Gasteiger partial charge < -0.3 is 10.3 Å². The van der Waals surface area contributed by atoms with Gasteiger partial charge in [0.1, 0.15) is 0 Å². The predicted octanol–water partition coefficient (Wildman–Crippen LogP) is 3.51. The molecule has 0 unspecified atom stereocenters. The molecule has 1 heterocycles. The van der Waals surface area contributed by atoms with E-state index in [9.17, 15) is 18.0 Å². The van der Waals surface area contributed by atoms with Crippen molar-refractivity contribution in [2.45, 2.75) is 42.1 Å². The molecule has 3 aromatic rings. The number of carbonyl (C=O) groups is 1. The van der Waals surface area contributed by atoms with E-state index in [1.54, 1.807) is 19.1 Å². The number of carbonyl (C=O) groups excluding carboxylic acids is 1. The van der Waals surface area contributed by atoms with Gasteiger partial charge in [-0.2, -0.15) is 0 Å². The Hall–Kier alpha value is -2.91. The van der Waals surface area contributed by atoms with Crippen LogP contribution in [0, 0.1) is 13.8 Å². The highest BCUT2D eigenvalue weighted by Crippen LogP contribution is 2.23. The van der Waals surface area contributed by atoms with Crippen LogP contribution in [0.3, 0.4) is 0 Å². The predicted molar refractivity (Wildman–Crippen MR) is 121 cm³/mol. The lowest BCUT2D eigenvalue weighted by molar-refractivity contribution is -0.113. The van der Waals surface area contributed by atoms with Gasteiger partial charge in [-0.05, 0) is 49.6 Å². The number of hydrogen-bond donors (Lipinski definition) is 2. The standard InChI is InChI=1S/C22H23N3O4S2/c1-4-16-6-8-17(9-7-16)24-20(26)13-30-22-23-12-19(21(27)25-22)31(28,29)18-10-5-14(2)11-15(18)3/h5-12H,4,13H2,1-3H3,(H,24,26)(H,23,25,27). The minimum Gasteiger partial charge on any atom is -0.325 e. The molecule has 2 aromatic carbocycles. The highest BCUT2D eigenvalue weighted by Gasteiger charge is 2.24. The maximum atomic E-state index is 12.9. The molecular weight excluding hydrogens is 434 g/mol. The monoisotopic (exact) mass is 457 g/mol. The van der Waals surface area contributed by atoms with Crippen LogP contribution in [-0.2, 0) is 21.1 Å². The molecule has 0 aliphatic heterocycles. The summed E-state index contributed by atoms with van der Waals surface area (Å²) in [6, 6.07) is 12.4. The van der Waals surface area contributed by atoms with Crippen molar-refractivity contribution < 1.29 is 13.2 Å². The number of nitrogens with one attached hydrogen (secondary N) is 2. The number of benzene rings is 2. The zero-order valence-corrected chi connectivity index (χ0v) is 19.1. The normalized spacial score (nSPS) is 11.3. The van der Waals surface area contributed by atoms with Gasteiger partial charge in [0.2, 0.25) is 15.7 Å². The molecule has 0 saturated carbocycles. The third kappa shape index (κ3) is 5.42. The second-order valence-electron chi connectivity index (χ2n) is 7.04. The van der Waals surface area contributed by atoms with E-state index >= 15 is 0 Å². The number of rotatable bonds is 7. The Kier molecular flexibility index (Phi) is 6.97. The summed E-state index contributed by atoms with van der Waals surface area (Å²) in [7, 11) is -4.01. The number of sulfone groups is 1. The molecule has 9 heteroatoms. The van der Waals surface area contributed by atoms with Crippen LogP contribution < -0.4 is 10.9 Å². The zero-order chi connectivity index (χ0) is 22.6. The van der Waals surface area contributed by atoms with Gasteiger partial charge in [-0.15, -0.1) is 0 Å². The number of aromatic nitrogens is 2. The number of aromatic amines is 1. The molecule has 0 fully saturated rings. The van der Waals surface area contributed by atoms with E-state index in [0.29, 0.717) is 11.3 Å². The number of nitrogens with zero attached hydrogens (tertiary/aromatic N) is 1. The Morgan fingerprint density at radius 2 is 1.81 bits per heavy atom. The maximum Gasteiger partial charge on any atom is 0.270 e. The van der Waals surface area contributed by atoms with Crippen molar-refractivity contribution in [2.24, 2.45) is 0 Å². The molecule has 3 rings (SSSR count). The summed E-state index contributed by atoms with van der Waals surface area (Å²) in [5.41, 5.74) is 2.56. The van der Waals surface area contributed by atoms with Crippen LogP contribution >= 0.6 is 11.8 Å². The molecule has 1 amide bonds. The van der Waals surface area contributed by atoms with Crippen LogP contribution in [0.1, 0.15) is 23.6 Å². The number of H-pyrrole nitrogens is 1. The largest absolute Gasteiger partial charge is 0.325 e. The van der Waals surface area contributed by atoms with Gasteiger partial charge in [-0.3, -0.25) is 9.59 Å². The fourth-order valence-electron chi connectivity index (χ4n) is 3.01. The molecular formula is C22H23N3O4S2. The van der Waals surface area contributed by atoms with E-state index in [2.05, 4.69) is 22.2 Å². The third-order valence-corrected chi connectivity index (χ3v) is 7.43. The first-order chi connectivity index (χ1) is 14.7. The van der Waals surface area contributed by atoms with E-state index in [0.717, 1.165) is 29.9 Å². The van der Waals surface area contributed by atoms with Crippen LogP contribution in [0.25, 0.3) is 0 Å². The van der Waals surface area contributed by atoms with E-state index in [1.165, 1.54) is 11.6 Å². The van der Waals surface area contributed by atoms with Crippen LogP contribution in [0.15, 0.2) is 68.4 Å². The van der Waals surface area contributed by atoms with Crippen molar-refractivity contribution in [3.63, 3.8) is 0 Å². The molecule has 0 bridgehead atoms. The van der Waals surface area contributed by atoms with Crippen molar-refractivity contribution >= 4 is 33.2 Å². The highest BCUT2D eigenvalue weighted by molar-refractivity contribution is 7.99. The zero-order valence-electron chi connectivity index (χ0n) is 17.4. The van der Waals surface area contributed by atoms with Gasteiger partial charge in [-0.1, -0.05) is 48.5 Å². The smallest absolute Gasteiger partial charge is 0.270 e. The molecule has 31 heavy (non-hydrogen) atoms. The summed E-state index contributed by atoms with van der Waals surface area (Å²) in [4.78, 5) is 30.7. The van der Waals surface area contributed by atoms with Crippen molar-refractivity contribution in [1.82, 2.24) is 9.97 Å². The molecule has 0 saturated heterocycles. The number of amides is 1. The minimum absolute atomic E-state index is 0.0155. The first kappa shape index (κ1) is 22.8. The van der Waals surface area contributed by atoms with Gasteiger partial charge in [0.05, 0.1) is 16.8 Å². The van der Waals surface area contributed by atoms with Crippen molar-refractivity contribution in [3.05, 3.63) is 75.7 Å². The Bertz CT molecular complexity index is 1270. The lowest BCUT2D eigenvalue weighted by Gasteiger charge is -2.09. The summed E-state index contributed by atoms with van der Waals surface area (Å²) in [5.74, 6) is -0.245. The summed E-state index contributed by atoms with van der Waals surface area (Å²) < 4.78 is 25.8. The first-order valence-corrected chi connectivity index (χ1v) is 12.1. The van der Waals surface area contributed by atoms with Crippen molar-refractivity contribution in [2.75, 3.05) is 11.1 Å². The third-order valence-electron chi connectivity index (χ3n) is 4.64. The molecule has 1 aromatic heterocycles. The summed E-state index contributed by atoms with van der Waals surface area (Å²) >= 11 is 1.02. The second-order valence-corrected chi connectivity index (χ2v) is 9.89. The number of aryl methyl sites for hydroxylation is 3. The quantitative estimate of drug-likeness (QED) is 0.415. The van der Waals surface area contributed by atoms with Crippen LogP contribution in [0.2, 0.25) is 0 Å². The Balaban J connectivity index is 1.70. The molecule has 2 N–H and O–H groups in total. The molecule has 0 spiro atoms. The fraction of sp³-hybridized carbons (Fsp3) is 0.227. The Morgan fingerprint density at radius 1 is 1.10 bits per heavy atom. The van der Waals surface area contributed by atoms with Crippen LogP contribution in [-0.4, -0.2) is 30.0 Å². The molecule has 0 aliphatic rings. The van der Waals surface area contributed by atoms with E-state index in [1.807, 2.05) is 31.2 Å². The highest BCUT2D eigenvalue weighted by atomic mass is 32.2. The number of thioether (sulfide) groups is 1. The molecule has 0 atom stereocenters. The van der Waals surface area contributed by atoms with Crippen LogP contribution in [0.4, 0.5) is 5.69 Å². The number of hydrogen-bond acceptors (Lipinski definition) is 6. The van der Waals surface area contributed by atoms with Gasteiger partial charge in [0, 0.05) is 5.69 Å². The Labute approximate surface area is 185 Å². The average Bonchev–Trinajstić information content (AvgIpc) is 2.72. The Morgan fingerprint density at radius 3 is 2.42 bits per heavy atom. The van der Waals surface area contributed by atoms with Crippen molar-refractivity contribution in [1.29, 1.82) is 0 Å². The molecule has 0 radical (unpaired) electrons. The van der Waals surface area contributed by atoms with Gasteiger partial charge >= 0.3 is 0 Å². The van der Waals surface area contributed by atoms with E-state index in [-0.39, 0.29) is 21.7 Å². The topological polar surface area (TPSA) is 109 Å². The SMILES string of the molecule is CCc1ccc(NC(=O)CSc2ncc(S(=O)(=O)c3ccc(C)cc3C)c(=O)[nH]2)cc1.